The molecule has 2 N–H and O–H groups in total. The molecule has 4 nitrogen and oxygen atoms in total. The molecule has 2 unspecified atom stereocenters. The molecule has 0 aliphatic carbocycles. The molecule has 108 valence electrons. The number of hydrogen-bond donors (Lipinski definition) is 2. The van der Waals surface area contributed by atoms with E-state index < -0.39 is 0 Å². The molecule has 0 fully saturated rings. The lowest BCUT2D eigenvalue weighted by atomic mass is 10.1. The van der Waals surface area contributed by atoms with E-state index in [0.29, 0.717) is 6.54 Å². The number of aromatic nitrogens is 2. The van der Waals surface area contributed by atoms with E-state index >= 15 is 0 Å². The zero-order valence-corrected chi connectivity index (χ0v) is 11.8. The minimum Gasteiger partial charge on any atom is -0.396 e. The molecule has 5 heteroatoms. The monoisotopic (exact) mass is 277 g/mol. The topological polar surface area (TPSA) is 50.1 Å². The van der Waals surface area contributed by atoms with E-state index in [2.05, 4.69) is 10.4 Å². The molecule has 1 heterocycles. The molecule has 20 heavy (non-hydrogen) atoms. The van der Waals surface area contributed by atoms with Crippen molar-refractivity contribution in [3.8, 4) is 5.69 Å². The second-order valence-electron chi connectivity index (χ2n) is 5.10. The molecule has 0 amide bonds. The molecule has 1 aromatic heterocycles. The molecule has 0 saturated heterocycles. The van der Waals surface area contributed by atoms with Crippen LogP contribution >= 0.6 is 0 Å². The molecule has 2 atom stereocenters. The summed E-state index contributed by atoms with van der Waals surface area (Å²) < 4.78 is 14.6. The van der Waals surface area contributed by atoms with Gasteiger partial charge in [0.05, 0.1) is 11.9 Å². The van der Waals surface area contributed by atoms with Crippen molar-refractivity contribution in [1.82, 2.24) is 15.1 Å². The highest BCUT2D eigenvalue weighted by Gasteiger charge is 2.10. The molecule has 0 aliphatic rings. The third kappa shape index (κ3) is 3.65. The number of rotatable bonds is 6. The molecule has 0 spiro atoms. The Kier molecular flexibility index (Phi) is 4.87. The highest BCUT2D eigenvalue weighted by Crippen LogP contribution is 2.10. The Balaban J connectivity index is 1.97. The Morgan fingerprint density at radius 1 is 1.30 bits per heavy atom. The summed E-state index contributed by atoms with van der Waals surface area (Å²) in [5, 5.41) is 16.7. The van der Waals surface area contributed by atoms with E-state index in [0.717, 1.165) is 11.3 Å². The van der Waals surface area contributed by atoms with Crippen LogP contribution in [0.2, 0.25) is 0 Å². The fourth-order valence-electron chi connectivity index (χ4n) is 1.82. The van der Waals surface area contributed by atoms with Gasteiger partial charge in [0.25, 0.3) is 0 Å². The normalized spacial score (nSPS) is 14.2. The largest absolute Gasteiger partial charge is 0.396 e. The smallest absolute Gasteiger partial charge is 0.123 e. The zero-order valence-electron chi connectivity index (χ0n) is 11.8. The maximum absolute atomic E-state index is 12.9. The molecule has 0 radical (unpaired) electrons. The summed E-state index contributed by atoms with van der Waals surface area (Å²) in [5.41, 5.74) is 1.88. The lowest BCUT2D eigenvalue weighted by Crippen LogP contribution is -2.33. The average molecular weight is 277 g/mol. The number of hydrogen-bond acceptors (Lipinski definition) is 3. The van der Waals surface area contributed by atoms with Crippen LogP contribution < -0.4 is 5.32 Å². The predicted octanol–water partition coefficient (Wildman–Crippen LogP) is 2.12. The Bertz CT molecular complexity index is 538. The fourth-order valence-corrected chi connectivity index (χ4v) is 1.82. The van der Waals surface area contributed by atoms with Crippen LogP contribution in [0.15, 0.2) is 36.7 Å². The number of aliphatic hydroxyl groups excluding tert-OH is 1. The van der Waals surface area contributed by atoms with Gasteiger partial charge < -0.3 is 10.4 Å². The van der Waals surface area contributed by atoms with Crippen LogP contribution in [0.1, 0.15) is 19.4 Å². The van der Waals surface area contributed by atoms with Crippen molar-refractivity contribution in [3.05, 3.63) is 48.0 Å². The Morgan fingerprint density at radius 3 is 2.65 bits per heavy atom. The molecule has 0 aliphatic heterocycles. The van der Waals surface area contributed by atoms with Crippen LogP contribution in [0.3, 0.4) is 0 Å². The van der Waals surface area contributed by atoms with Gasteiger partial charge in [0.2, 0.25) is 0 Å². The van der Waals surface area contributed by atoms with Crippen LogP contribution in [0, 0.1) is 11.7 Å². The van der Waals surface area contributed by atoms with Gasteiger partial charge in [-0.1, -0.05) is 6.92 Å². The first-order valence-electron chi connectivity index (χ1n) is 6.74. The quantitative estimate of drug-likeness (QED) is 0.850. The van der Waals surface area contributed by atoms with E-state index in [1.54, 1.807) is 23.0 Å². The second kappa shape index (κ2) is 6.63. The lowest BCUT2D eigenvalue weighted by molar-refractivity contribution is 0.207. The summed E-state index contributed by atoms with van der Waals surface area (Å²) in [6.07, 6.45) is 3.70. The van der Waals surface area contributed by atoms with Crippen molar-refractivity contribution in [2.45, 2.75) is 26.4 Å². The van der Waals surface area contributed by atoms with Gasteiger partial charge in [0.15, 0.2) is 0 Å². The van der Waals surface area contributed by atoms with E-state index in [-0.39, 0.29) is 24.4 Å². The number of nitrogens with zero attached hydrogens (tertiary/aromatic N) is 2. The number of halogens is 1. The predicted molar refractivity (Wildman–Crippen MR) is 76.1 cm³/mol. The van der Waals surface area contributed by atoms with Gasteiger partial charge in [0, 0.05) is 31.0 Å². The van der Waals surface area contributed by atoms with Crippen molar-refractivity contribution in [1.29, 1.82) is 0 Å². The standard InChI is InChI=1S/C15H20FN3O/c1-11(10-20)12(2)17-7-13-8-18-19(9-13)15-5-3-14(16)4-6-15/h3-6,8-9,11-12,17,20H,7,10H2,1-2H3. The number of nitrogens with one attached hydrogen (secondary N) is 1. The van der Waals surface area contributed by atoms with Gasteiger partial charge in [-0.05, 0) is 37.1 Å². The summed E-state index contributed by atoms with van der Waals surface area (Å²) >= 11 is 0. The van der Waals surface area contributed by atoms with Gasteiger partial charge in [-0.2, -0.15) is 5.10 Å². The van der Waals surface area contributed by atoms with Gasteiger partial charge in [0.1, 0.15) is 5.82 Å². The Labute approximate surface area is 118 Å². The Morgan fingerprint density at radius 2 is 2.00 bits per heavy atom. The number of benzene rings is 1. The highest BCUT2D eigenvalue weighted by atomic mass is 19.1. The summed E-state index contributed by atoms with van der Waals surface area (Å²) in [6.45, 7) is 4.90. The van der Waals surface area contributed by atoms with Crippen molar-refractivity contribution in [2.75, 3.05) is 6.61 Å². The van der Waals surface area contributed by atoms with Crippen LogP contribution in [-0.4, -0.2) is 27.5 Å². The second-order valence-corrected chi connectivity index (χ2v) is 5.10. The molecule has 0 saturated carbocycles. The lowest BCUT2D eigenvalue weighted by Gasteiger charge is -2.18. The van der Waals surface area contributed by atoms with Gasteiger partial charge in [-0.3, -0.25) is 0 Å². The fraction of sp³-hybridized carbons (Fsp3) is 0.400. The average Bonchev–Trinajstić information content (AvgIpc) is 2.93. The first-order chi connectivity index (χ1) is 9.60. The highest BCUT2D eigenvalue weighted by molar-refractivity contribution is 5.31. The Hall–Kier alpha value is -1.72. The molecule has 1 aromatic carbocycles. The molecular formula is C15H20FN3O. The minimum atomic E-state index is -0.255. The van der Waals surface area contributed by atoms with Crippen LogP contribution in [0.5, 0.6) is 0 Å². The van der Waals surface area contributed by atoms with E-state index in [1.165, 1.54) is 12.1 Å². The molecular weight excluding hydrogens is 257 g/mol. The summed E-state index contributed by atoms with van der Waals surface area (Å²) in [7, 11) is 0. The van der Waals surface area contributed by atoms with Gasteiger partial charge in [-0.15, -0.1) is 0 Å². The number of aliphatic hydroxyl groups is 1. The van der Waals surface area contributed by atoms with Crippen molar-refractivity contribution in [3.63, 3.8) is 0 Å². The van der Waals surface area contributed by atoms with Crippen molar-refractivity contribution < 1.29 is 9.50 Å². The van der Waals surface area contributed by atoms with E-state index in [4.69, 9.17) is 5.11 Å². The zero-order chi connectivity index (χ0) is 14.5. The molecule has 2 aromatic rings. The van der Waals surface area contributed by atoms with Gasteiger partial charge >= 0.3 is 0 Å². The third-order valence-electron chi connectivity index (χ3n) is 3.50. The summed E-state index contributed by atoms with van der Waals surface area (Å²) in [4.78, 5) is 0. The summed E-state index contributed by atoms with van der Waals surface area (Å²) in [6, 6.07) is 6.44. The minimum absolute atomic E-state index is 0.170. The maximum atomic E-state index is 12.9. The van der Waals surface area contributed by atoms with Crippen LogP contribution in [-0.2, 0) is 6.54 Å². The summed E-state index contributed by atoms with van der Waals surface area (Å²) in [5.74, 6) is -0.0447. The van der Waals surface area contributed by atoms with Gasteiger partial charge in [-0.25, -0.2) is 9.07 Å². The molecule has 0 bridgehead atoms. The van der Waals surface area contributed by atoms with Crippen molar-refractivity contribution in [2.24, 2.45) is 5.92 Å². The SMILES string of the molecule is CC(CO)C(C)NCc1cnn(-c2ccc(F)cc2)c1. The maximum Gasteiger partial charge on any atom is 0.123 e. The van der Waals surface area contributed by atoms with E-state index in [1.807, 2.05) is 20.0 Å². The van der Waals surface area contributed by atoms with Crippen molar-refractivity contribution >= 4 is 0 Å². The van der Waals surface area contributed by atoms with Crippen LogP contribution in [0.4, 0.5) is 4.39 Å². The molecule has 2 rings (SSSR count). The first-order valence-corrected chi connectivity index (χ1v) is 6.74. The van der Waals surface area contributed by atoms with E-state index in [9.17, 15) is 4.39 Å². The third-order valence-corrected chi connectivity index (χ3v) is 3.50. The first kappa shape index (κ1) is 14.7. The van der Waals surface area contributed by atoms with Crippen LogP contribution in [0.25, 0.3) is 5.69 Å².